The van der Waals surface area contributed by atoms with Crippen LogP contribution in [0, 0.1) is 0 Å². The summed E-state index contributed by atoms with van der Waals surface area (Å²) in [7, 11) is 0. The Bertz CT molecular complexity index is 432. The van der Waals surface area contributed by atoms with E-state index in [1.54, 1.807) is 11.8 Å². The van der Waals surface area contributed by atoms with Crippen molar-refractivity contribution in [2.75, 3.05) is 18.1 Å². The molecule has 4 nitrogen and oxygen atoms in total. The van der Waals surface area contributed by atoms with Crippen LogP contribution >= 0.6 is 11.8 Å². The third-order valence-corrected chi connectivity index (χ3v) is 3.19. The monoisotopic (exact) mass is 296 g/mol. The second kappa shape index (κ2) is 6.83. The molecule has 0 bridgehead atoms. The molecule has 8 heteroatoms. The summed E-state index contributed by atoms with van der Waals surface area (Å²) in [5.41, 5.74) is -1.53. The van der Waals surface area contributed by atoms with Gasteiger partial charge in [-0.1, -0.05) is 6.92 Å². The summed E-state index contributed by atoms with van der Waals surface area (Å²) in [6, 6.07) is 0. The standard InChI is InChI=1S/C11H15F3N2O2S/c1-3-18-10(17)8-7(5-6-19-4-2)15-16-9(8)11(12,13)14/h3-6H2,1-2H3,(H,15,16). The number of rotatable bonds is 6. The van der Waals surface area contributed by atoms with Gasteiger partial charge in [0.1, 0.15) is 5.56 Å². The molecular formula is C11H15F3N2O2S. The zero-order valence-corrected chi connectivity index (χ0v) is 11.5. The first-order valence-corrected chi connectivity index (χ1v) is 6.96. The summed E-state index contributed by atoms with van der Waals surface area (Å²) in [6.07, 6.45) is -4.36. The maximum atomic E-state index is 12.8. The number of ether oxygens (including phenoxy) is 1. The van der Waals surface area contributed by atoms with Gasteiger partial charge in [-0.15, -0.1) is 0 Å². The van der Waals surface area contributed by atoms with E-state index in [2.05, 4.69) is 14.9 Å². The molecule has 0 atom stereocenters. The van der Waals surface area contributed by atoms with Gasteiger partial charge in [0.25, 0.3) is 0 Å². The third-order valence-electron chi connectivity index (χ3n) is 2.29. The molecule has 0 amide bonds. The van der Waals surface area contributed by atoms with Crippen LogP contribution in [0.3, 0.4) is 0 Å². The summed E-state index contributed by atoms with van der Waals surface area (Å²) < 4.78 is 42.9. The van der Waals surface area contributed by atoms with E-state index in [1.165, 1.54) is 6.92 Å². The van der Waals surface area contributed by atoms with Crippen molar-refractivity contribution in [3.8, 4) is 0 Å². The summed E-state index contributed by atoms with van der Waals surface area (Å²) in [4.78, 5) is 11.6. The minimum absolute atomic E-state index is 0.0183. The molecule has 0 saturated carbocycles. The second-order valence-electron chi connectivity index (χ2n) is 3.59. The highest BCUT2D eigenvalue weighted by atomic mass is 32.2. The number of H-pyrrole nitrogens is 1. The largest absolute Gasteiger partial charge is 0.462 e. The van der Waals surface area contributed by atoms with Gasteiger partial charge < -0.3 is 4.74 Å². The minimum atomic E-state index is -4.67. The lowest BCUT2D eigenvalue weighted by Crippen LogP contribution is -2.15. The number of aryl methyl sites for hydroxylation is 1. The van der Waals surface area contributed by atoms with Crippen LogP contribution in [-0.4, -0.2) is 34.3 Å². The molecule has 0 fully saturated rings. The van der Waals surface area contributed by atoms with Crippen molar-refractivity contribution in [2.24, 2.45) is 0 Å². The van der Waals surface area contributed by atoms with Gasteiger partial charge in [-0.05, 0) is 24.9 Å². The highest BCUT2D eigenvalue weighted by Gasteiger charge is 2.40. The summed E-state index contributed by atoms with van der Waals surface area (Å²) >= 11 is 1.57. The fraction of sp³-hybridized carbons (Fsp3) is 0.636. The molecule has 0 spiro atoms. The lowest BCUT2D eigenvalue weighted by Gasteiger charge is -2.07. The van der Waals surface area contributed by atoms with E-state index >= 15 is 0 Å². The highest BCUT2D eigenvalue weighted by molar-refractivity contribution is 7.99. The summed E-state index contributed by atoms with van der Waals surface area (Å²) in [5, 5.41) is 5.50. The van der Waals surface area contributed by atoms with Gasteiger partial charge in [-0.25, -0.2) is 4.79 Å². The van der Waals surface area contributed by atoms with E-state index in [0.717, 1.165) is 5.75 Å². The molecule has 1 heterocycles. The smallest absolute Gasteiger partial charge is 0.436 e. The Labute approximate surface area is 113 Å². The summed E-state index contributed by atoms with van der Waals surface area (Å²) in [6.45, 7) is 3.51. The molecule has 0 aliphatic rings. The Hall–Kier alpha value is -1.18. The average Bonchev–Trinajstić information content (AvgIpc) is 2.73. The number of aromatic amines is 1. The van der Waals surface area contributed by atoms with Gasteiger partial charge in [-0.2, -0.15) is 30.0 Å². The van der Waals surface area contributed by atoms with Crippen LogP contribution in [0.5, 0.6) is 0 Å². The van der Waals surface area contributed by atoms with Crippen LogP contribution in [0.15, 0.2) is 0 Å². The van der Waals surface area contributed by atoms with Crippen LogP contribution in [-0.2, 0) is 17.3 Å². The van der Waals surface area contributed by atoms with Crippen molar-refractivity contribution in [1.82, 2.24) is 10.2 Å². The first-order chi connectivity index (χ1) is 8.91. The van der Waals surface area contributed by atoms with E-state index in [-0.39, 0.29) is 12.3 Å². The van der Waals surface area contributed by atoms with E-state index in [1.807, 2.05) is 6.92 Å². The topological polar surface area (TPSA) is 55.0 Å². The lowest BCUT2D eigenvalue weighted by atomic mass is 10.1. The SMILES string of the molecule is CCOC(=O)c1c(C(F)(F)F)n[nH]c1CCSCC. The fourth-order valence-corrected chi connectivity index (χ4v) is 2.14. The molecule has 0 aliphatic carbocycles. The molecule has 19 heavy (non-hydrogen) atoms. The maximum absolute atomic E-state index is 12.8. The normalized spacial score (nSPS) is 11.6. The van der Waals surface area contributed by atoms with Crippen molar-refractivity contribution in [2.45, 2.75) is 26.4 Å². The number of carbonyl (C=O) groups is 1. The quantitative estimate of drug-likeness (QED) is 0.648. The molecule has 0 aliphatic heterocycles. The molecule has 1 rings (SSSR count). The van der Waals surface area contributed by atoms with E-state index in [0.29, 0.717) is 12.2 Å². The van der Waals surface area contributed by atoms with Gasteiger partial charge in [-0.3, -0.25) is 5.10 Å². The van der Waals surface area contributed by atoms with Gasteiger partial charge in [0.15, 0.2) is 5.69 Å². The van der Waals surface area contributed by atoms with Crippen LogP contribution < -0.4 is 0 Å². The van der Waals surface area contributed by atoms with Crippen molar-refractivity contribution >= 4 is 17.7 Å². The molecule has 0 aromatic carbocycles. The van der Waals surface area contributed by atoms with Crippen LogP contribution in [0.25, 0.3) is 0 Å². The fourth-order valence-electron chi connectivity index (χ4n) is 1.51. The second-order valence-corrected chi connectivity index (χ2v) is 4.98. The Morgan fingerprint density at radius 1 is 1.42 bits per heavy atom. The molecule has 108 valence electrons. The number of esters is 1. The number of halogens is 3. The zero-order chi connectivity index (χ0) is 14.5. The number of thioether (sulfide) groups is 1. The van der Waals surface area contributed by atoms with E-state index < -0.39 is 23.4 Å². The van der Waals surface area contributed by atoms with Crippen molar-refractivity contribution in [3.63, 3.8) is 0 Å². The number of alkyl halides is 3. The van der Waals surface area contributed by atoms with E-state index in [9.17, 15) is 18.0 Å². The molecular weight excluding hydrogens is 281 g/mol. The van der Waals surface area contributed by atoms with Crippen LogP contribution in [0.4, 0.5) is 13.2 Å². The number of nitrogens with one attached hydrogen (secondary N) is 1. The predicted molar refractivity (Wildman–Crippen MR) is 66.2 cm³/mol. The minimum Gasteiger partial charge on any atom is -0.462 e. The predicted octanol–water partition coefficient (Wildman–Crippen LogP) is 2.90. The zero-order valence-electron chi connectivity index (χ0n) is 10.6. The average molecular weight is 296 g/mol. The molecule has 1 aromatic rings. The third kappa shape index (κ3) is 4.15. The van der Waals surface area contributed by atoms with Gasteiger partial charge in [0, 0.05) is 0 Å². The number of carbonyl (C=O) groups excluding carboxylic acids is 1. The molecule has 0 unspecified atom stereocenters. The number of hydrogen-bond donors (Lipinski definition) is 1. The molecule has 0 saturated heterocycles. The Kier molecular flexibility index (Phi) is 5.71. The van der Waals surface area contributed by atoms with Crippen LogP contribution in [0.2, 0.25) is 0 Å². The number of aromatic nitrogens is 2. The summed E-state index contributed by atoms with van der Waals surface area (Å²) in [5.74, 6) is 0.484. The Morgan fingerprint density at radius 3 is 2.63 bits per heavy atom. The molecule has 1 N–H and O–H groups in total. The molecule has 1 aromatic heterocycles. The van der Waals surface area contributed by atoms with Gasteiger partial charge in [0.05, 0.1) is 12.3 Å². The van der Waals surface area contributed by atoms with Crippen molar-refractivity contribution < 1.29 is 22.7 Å². The Balaban J connectivity index is 3.04. The van der Waals surface area contributed by atoms with Gasteiger partial charge >= 0.3 is 12.1 Å². The van der Waals surface area contributed by atoms with Crippen molar-refractivity contribution in [1.29, 1.82) is 0 Å². The number of hydrogen-bond acceptors (Lipinski definition) is 4. The first-order valence-electron chi connectivity index (χ1n) is 5.81. The Morgan fingerprint density at radius 2 is 2.11 bits per heavy atom. The van der Waals surface area contributed by atoms with E-state index in [4.69, 9.17) is 0 Å². The number of nitrogens with zero attached hydrogens (tertiary/aromatic N) is 1. The maximum Gasteiger partial charge on any atom is 0.436 e. The first kappa shape index (κ1) is 15.9. The van der Waals surface area contributed by atoms with Crippen molar-refractivity contribution in [3.05, 3.63) is 17.0 Å². The molecule has 0 radical (unpaired) electrons. The van der Waals surface area contributed by atoms with Crippen LogP contribution in [0.1, 0.15) is 35.6 Å². The van der Waals surface area contributed by atoms with Gasteiger partial charge in [0.2, 0.25) is 0 Å². The lowest BCUT2D eigenvalue weighted by molar-refractivity contribution is -0.141. The highest BCUT2D eigenvalue weighted by Crippen LogP contribution is 2.32.